The van der Waals surface area contributed by atoms with E-state index in [4.69, 9.17) is 4.42 Å². The molecule has 0 radical (unpaired) electrons. The molecule has 0 N–H and O–H groups in total. The molecule has 21 heavy (non-hydrogen) atoms. The Bertz CT molecular complexity index is 792. The van der Waals surface area contributed by atoms with Crippen LogP contribution in [0.5, 0.6) is 0 Å². The molecule has 0 aliphatic heterocycles. The third-order valence-electron chi connectivity index (χ3n) is 3.24. The second-order valence-corrected chi connectivity index (χ2v) is 4.56. The van der Waals surface area contributed by atoms with Gasteiger partial charge in [-0.05, 0) is 38.1 Å². The Morgan fingerprint density at radius 3 is 2.62 bits per heavy atom. The highest BCUT2D eigenvalue weighted by molar-refractivity contribution is 5.78. The van der Waals surface area contributed by atoms with Crippen LogP contribution in [0.1, 0.15) is 23.9 Å². The van der Waals surface area contributed by atoms with Crippen molar-refractivity contribution in [2.75, 3.05) is 0 Å². The number of hydrogen-bond acceptors (Lipinski definition) is 2. The monoisotopic (exact) mass is 277 g/mol. The van der Waals surface area contributed by atoms with Gasteiger partial charge in [0.15, 0.2) is 0 Å². The van der Waals surface area contributed by atoms with E-state index in [0.29, 0.717) is 0 Å². The summed E-state index contributed by atoms with van der Waals surface area (Å²) in [5.74, 6) is 0.815. The molecule has 0 fully saturated rings. The van der Waals surface area contributed by atoms with Gasteiger partial charge in [0.25, 0.3) is 0 Å². The van der Waals surface area contributed by atoms with Crippen molar-refractivity contribution in [1.29, 1.82) is 0 Å². The highest BCUT2D eigenvalue weighted by atomic mass is 16.3. The maximum Gasteiger partial charge on any atom is 0.140 e. The van der Waals surface area contributed by atoms with E-state index in [1.54, 1.807) is 18.3 Å². The first kappa shape index (κ1) is 14.8. The number of hydrogen-bond donors (Lipinski definition) is 0. The fraction of sp³-hybridized carbons (Fsp3) is 0.105. The third kappa shape index (κ3) is 2.95. The lowest BCUT2D eigenvalue weighted by atomic mass is 10.0. The molecule has 0 aromatic carbocycles. The van der Waals surface area contributed by atoms with Crippen molar-refractivity contribution in [3.05, 3.63) is 83.4 Å². The van der Waals surface area contributed by atoms with Crippen LogP contribution in [0, 0.1) is 6.92 Å². The molecule has 0 unspecified atom stereocenters. The molecule has 2 heterocycles. The first-order chi connectivity index (χ1) is 10.2. The predicted octanol–water partition coefficient (Wildman–Crippen LogP) is 3.37. The number of allylic oxidation sites excluding steroid dienone is 3. The predicted molar refractivity (Wildman–Crippen MR) is 89.0 cm³/mol. The molecule has 106 valence electrons. The number of rotatable bonds is 4. The van der Waals surface area contributed by atoms with Crippen molar-refractivity contribution in [1.82, 2.24) is 4.98 Å². The molecule has 0 atom stereocenters. The Morgan fingerprint density at radius 1 is 1.24 bits per heavy atom. The standard InChI is InChI=1S/C19H19NO/c1-5-10-15-14(4)19(21-18(15)7-3)16(11-6-2)17-12-8-9-13-20-17/h5-13H,1-2H2,3-4H3/b15-10-,16-11-,18-7+. The van der Waals surface area contributed by atoms with Crippen LogP contribution >= 0.6 is 0 Å². The van der Waals surface area contributed by atoms with Crippen molar-refractivity contribution >= 4 is 17.7 Å². The Labute approximate surface area is 125 Å². The molecular weight excluding hydrogens is 258 g/mol. The maximum absolute atomic E-state index is 6.03. The van der Waals surface area contributed by atoms with E-state index in [2.05, 4.69) is 18.1 Å². The summed E-state index contributed by atoms with van der Waals surface area (Å²) < 4.78 is 6.03. The minimum absolute atomic E-state index is 0.815. The zero-order valence-corrected chi connectivity index (χ0v) is 12.5. The summed E-state index contributed by atoms with van der Waals surface area (Å²) in [5.41, 5.74) is 3.70. The Kier molecular flexibility index (Phi) is 4.72. The molecule has 0 saturated heterocycles. The molecule has 0 saturated carbocycles. The summed E-state index contributed by atoms with van der Waals surface area (Å²) >= 11 is 0. The normalized spacial score (nSPS) is 13.5. The molecule has 2 aromatic heterocycles. The van der Waals surface area contributed by atoms with Gasteiger partial charge in [-0.3, -0.25) is 4.98 Å². The quantitative estimate of drug-likeness (QED) is 0.801. The van der Waals surface area contributed by atoms with E-state index in [0.717, 1.165) is 33.2 Å². The largest absolute Gasteiger partial charge is 0.456 e. The van der Waals surface area contributed by atoms with Crippen LogP contribution in [-0.2, 0) is 0 Å². The third-order valence-corrected chi connectivity index (χ3v) is 3.24. The average Bonchev–Trinajstić information content (AvgIpc) is 2.83. The van der Waals surface area contributed by atoms with E-state index in [1.165, 1.54) is 0 Å². The molecule has 0 aliphatic carbocycles. The fourth-order valence-electron chi connectivity index (χ4n) is 2.26. The van der Waals surface area contributed by atoms with Crippen LogP contribution in [0.4, 0.5) is 0 Å². The second-order valence-electron chi connectivity index (χ2n) is 4.56. The fourth-order valence-corrected chi connectivity index (χ4v) is 2.26. The summed E-state index contributed by atoms with van der Waals surface area (Å²) in [5, 5.41) is 1.05. The van der Waals surface area contributed by atoms with Crippen molar-refractivity contribution in [2.45, 2.75) is 13.8 Å². The molecule has 0 spiro atoms. The van der Waals surface area contributed by atoms with Gasteiger partial charge in [-0.1, -0.05) is 37.5 Å². The van der Waals surface area contributed by atoms with E-state index >= 15 is 0 Å². The van der Waals surface area contributed by atoms with E-state index in [9.17, 15) is 0 Å². The van der Waals surface area contributed by atoms with Gasteiger partial charge in [-0.2, -0.15) is 0 Å². The lowest BCUT2D eigenvalue weighted by Gasteiger charge is -2.04. The van der Waals surface area contributed by atoms with Crippen LogP contribution in [0.15, 0.2) is 60.2 Å². The maximum atomic E-state index is 6.03. The zero-order valence-electron chi connectivity index (χ0n) is 12.5. The SMILES string of the molecule is C=C/C=C(/c1ccccn1)c1oc(=C/C)/c(=C\C=C)c1C. The van der Waals surface area contributed by atoms with Crippen LogP contribution in [0.2, 0.25) is 0 Å². The molecule has 2 aromatic rings. The molecule has 2 heteroatoms. The van der Waals surface area contributed by atoms with Crippen LogP contribution < -0.4 is 10.6 Å². The molecule has 0 bridgehead atoms. The molecule has 2 rings (SSSR count). The number of furan rings is 1. The number of aromatic nitrogens is 1. The Hall–Kier alpha value is -2.61. The van der Waals surface area contributed by atoms with Gasteiger partial charge in [0.2, 0.25) is 0 Å². The van der Waals surface area contributed by atoms with Crippen LogP contribution in [-0.4, -0.2) is 4.98 Å². The molecule has 0 aliphatic rings. The van der Waals surface area contributed by atoms with Gasteiger partial charge in [0, 0.05) is 22.6 Å². The van der Waals surface area contributed by atoms with Crippen molar-refractivity contribution in [3.8, 4) is 0 Å². The number of pyridine rings is 1. The summed E-state index contributed by atoms with van der Waals surface area (Å²) in [6, 6.07) is 5.82. The highest BCUT2D eigenvalue weighted by Crippen LogP contribution is 2.22. The van der Waals surface area contributed by atoms with Gasteiger partial charge in [0.1, 0.15) is 11.2 Å². The van der Waals surface area contributed by atoms with Gasteiger partial charge in [0.05, 0.1) is 5.69 Å². The van der Waals surface area contributed by atoms with E-state index < -0.39 is 0 Å². The molecule has 0 amide bonds. The summed E-state index contributed by atoms with van der Waals surface area (Å²) in [6.07, 6.45) is 11.1. The summed E-state index contributed by atoms with van der Waals surface area (Å²) in [4.78, 5) is 4.41. The van der Waals surface area contributed by atoms with Gasteiger partial charge in [-0.15, -0.1) is 0 Å². The van der Waals surface area contributed by atoms with Crippen molar-refractivity contribution in [3.63, 3.8) is 0 Å². The Morgan fingerprint density at radius 2 is 2.05 bits per heavy atom. The molecular formula is C19H19NO. The lowest BCUT2D eigenvalue weighted by molar-refractivity contribution is 0.516. The lowest BCUT2D eigenvalue weighted by Crippen LogP contribution is -2.20. The van der Waals surface area contributed by atoms with Crippen LogP contribution in [0.3, 0.4) is 0 Å². The van der Waals surface area contributed by atoms with Crippen molar-refractivity contribution in [2.24, 2.45) is 0 Å². The minimum atomic E-state index is 0.815. The molecule has 2 nitrogen and oxygen atoms in total. The van der Waals surface area contributed by atoms with Gasteiger partial charge in [-0.25, -0.2) is 0 Å². The first-order valence-corrected chi connectivity index (χ1v) is 6.86. The second kappa shape index (κ2) is 6.71. The minimum Gasteiger partial charge on any atom is -0.456 e. The summed E-state index contributed by atoms with van der Waals surface area (Å²) in [6.45, 7) is 11.6. The zero-order chi connectivity index (χ0) is 15.2. The van der Waals surface area contributed by atoms with E-state index in [-0.39, 0.29) is 0 Å². The Balaban J connectivity index is 2.75. The van der Waals surface area contributed by atoms with Crippen LogP contribution in [0.25, 0.3) is 17.7 Å². The van der Waals surface area contributed by atoms with Gasteiger partial charge < -0.3 is 4.42 Å². The smallest absolute Gasteiger partial charge is 0.140 e. The topological polar surface area (TPSA) is 26.0 Å². The van der Waals surface area contributed by atoms with Gasteiger partial charge >= 0.3 is 0 Å². The van der Waals surface area contributed by atoms with E-state index in [1.807, 2.05) is 50.3 Å². The average molecular weight is 277 g/mol. The number of nitrogens with zero attached hydrogens (tertiary/aromatic N) is 1. The first-order valence-electron chi connectivity index (χ1n) is 6.86. The van der Waals surface area contributed by atoms with Crippen molar-refractivity contribution < 1.29 is 4.42 Å². The highest BCUT2D eigenvalue weighted by Gasteiger charge is 2.14. The summed E-state index contributed by atoms with van der Waals surface area (Å²) in [7, 11) is 0.